The topological polar surface area (TPSA) is 74.3 Å². The molecule has 1 aliphatic heterocycles. The number of rotatable bonds is 5. The highest BCUT2D eigenvalue weighted by Gasteiger charge is 2.23. The summed E-state index contributed by atoms with van der Waals surface area (Å²) in [5.74, 6) is 0.412. The molecule has 8 heteroatoms. The summed E-state index contributed by atoms with van der Waals surface area (Å²) in [6.45, 7) is 2.55. The quantitative estimate of drug-likeness (QED) is 0.772. The zero-order valence-corrected chi connectivity index (χ0v) is 17.4. The Bertz CT molecular complexity index is 766. The Labute approximate surface area is 177 Å². The van der Waals surface area contributed by atoms with Crippen LogP contribution in [0.15, 0.2) is 48.8 Å². The number of amides is 2. The normalized spacial score (nSPS) is 13.8. The lowest BCUT2D eigenvalue weighted by Gasteiger charge is -2.32. The predicted molar refractivity (Wildman–Crippen MR) is 116 cm³/mol. The van der Waals surface area contributed by atoms with Crippen molar-refractivity contribution in [2.45, 2.75) is 12.8 Å². The van der Waals surface area contributed by atoms with E-state index in [0.717, 1.165) is 32.5 Å². The van der Waals surface area contributed by atoms with Crippen LogP contribution in [-0.2, 0) is 0 Å². The van der Waals surface area contributed by atoms with Gasteiger partial charge in [0.15, 0.2) is 0 Å². The molecule has 1 aliphatic rings. The lowest BCUT2D eigenvalue weighted by molar-refractivity contribution is 0.0690. The second kappa shape index (κ2) is 11.6. The maximum atomic E-state index is 12.8. The van der Waals surface area contributed by atoms with E-state index in [9.17, 15) is 9.59 Å². The van der Waals surface area contributed by atoms with Crippen molar-refractivity contribution in [3.63, 3.8) is 0 Å². The number of carbonyl (C=O) groups excluding carboxylic acids is 2. The van der Waals surface area contributed by atoms with Crippen molar-refractivity contribution < 1.29 is 9.59 Å². The first-order valence-electron chi connectivity index (χ1n) is 8.92. The Morgan fingerprint density at radius 1 is 1.11 bits per heavy atom. The van der Waals surface area contributed by atoms with Crippen LogP contribution in [0.3, 0.4) is 0 Å². The van der Waals surface area contributed by atoms with Gasteiger partial charge in [-0.2, -0.15) is 0 Å². The van der Waals surface area contributed by atoms with Gasteiger partial charge in [-0.05, 0) is 62.7 Å². The third kappa shape index (κ3) is 6.19. The minimum atomic E-state index is -0.240. The van der Waals surface area contributed by atoms with Crippen molar-refractivity contribution in [2.75, 3.05) is 32.0 Å². The zero-order valence-electron chi connectivity index (χ0n) is 15.8. The third-order valence-electron chi connectivity index (χ3n) is 4.69. The summed E-state index contributed by atoms with van der Waals surface area (Å²) in [5.41, 5.74) is 1.69. The Morgan fingerprint density at radius 3 is 2.46 bits per heavy atom. The summed E-state index contributed by atoms with van der Waals surface area (Å²) in [4.78, 5) is 30.8. The van der Waals surface area contributed by atoms with Gasteiger partial charge in [0.1, 0.15) is 0 Å². The molecular weight excluding hydrogens is 399 g/mol. The van der Waals surface area contributed by atoms with Crippen molar-refractivity contribution in [1.82, 2.24) is 15.2 Å². The monoisotopic (exact) mass is 424 g/mol. The molecule has 2 N–H and O–H groups in total. The number of hydrogen-bond donors (Lipinski definition) is 2. The molecule has 0 unspecified atom stereocenters. The first-order chi connectivity index (χ1) is 12.7. The number of likely N-dealkylation sites (tertiary alicyclic amines) is 1. The molecule has 0 radical (unpaired) electrons. The SMILES string of the molecule is CNCC1CCN(C(=O)c2cccc(NC(=O)c3cccnc3)c2)CC1.Cl.Cl. The number of halogens is 2. The highest BCUT2D eigenvalue weighted by molar-refractivity contribution is 6.04. The molecule has 2 amide bonds. The largest absolute Gasteiger partial charge is 0.339 e. The molecule has 0 saturated carbocycles. The van der Waals surface area contributed by atoms with E-state index in [0.29, 0.717) is 22.7 Å². The fraction of sp³-hybridized carbons (Fsp3) is 0.350. The maximum absolute atomic E-state index is 12.8. The molecule has 1 aromatic carbocycles. The lowest BCUT2D eigenvalue weighted by Crippen LogP contribution is -2.40. The molecule has 0 bridgehead atoms. The second-order valence-corrected chi connectivity index (χ2v) is 6.57. The van der Waals surface area contributed by atoms with E-state index in [-0.39, 0.29) is 36.6 Å². The number of benzene rings is 1. The summed E-state index contributed by atoms with van der Waals surface area (Å²) in [6, 6.07) is 10.5. The van der Waals surface area contributed by atoms with Crippen LogP contribution in [0.4, 0.5) is 5.69 Å². The summed E-state index contributed by atoms with van der Waals surface area (Å²) in [6.07, 6.45) is 5.17. The molecular formula is C20H26Cl2N4O2. The number of aromatic nitrogens is 1. The summed E-state index contributed by atoms with van der Waals surface area (Å²) < 4.78 is 0. The Hall–Kier alpha value is -2.15. The van der Waals surface area contributed by atoms with Crippen LogP contribution in [0, 0.1) is 5.92 Å². The molecule has 0 atom stereocenters. The Balaban J connectivity index is 0.00000196. The molecule has 2 heterocycles. The van der Waals surface area contributed by atoms with Gasteiger partial charge in [0.2, 0.25) is 0 Å². The molecule has 3 rings (SSSR count). The van der Waals surface area contributed by atoms with Crippen molar-refractivity contribution in [1.29, 1.82) is 0 Å². The van der Waals surface area contributed by atoms with Gasteiger partial charge in [-0.3, -0.25) is 14.6 Å². The molecule has 6 nitrogen and oxygen atoms in total. The van der Waals surface area contributed by atoms with Crippen LogP contribution < -0.4 is 10.6 Å². The number of nitrogens with one attached hydrogen (secondary N) is 2. The molecule has 1 aromatic heterocycles. The van der Waals surface area contributed by atoms with E-state index in [2.05, 4.69) is 15.6 Å². The van der Waals surface area contributed by atoms with Crippen molar-refractivity contribution in [2.24, 2.45) is 5.92 Å². The van der Waals surface area contributed by atoms with Gasteiger partial charge < -0.3 is 15.5 Å². The first kappa shape index (κ1) is 23.9. The summed E-state index contributed by atoms with van der Waals surface area (Å²) >= 11 is 0. The number of hydrogen-bond acceptors (Lipinski definition) is 4. The van der Waals surface area contributed by atoms with Crippen LogP contribution in [0.5, 0.6) is 0 Å². The first-order valence-corrected chi connectivity index (χ1v) is 8.92. The molecule has 0 aliphatic carbocycles. The van der Waals surface area contributed by atoms with Crippen LogP contribution in [0.2, 0.25) is 0 Å². The molecule has 152 valence electrons. The lowest BCUT2D eigenvalue weighted by atomic mass is 9.96. The minimum Gasteiger partial charge on any atom is -0.339 e. The molecule has 28 heavy (non-hydrogen) atoms. The predicted octanol–water partition coefficient (Wildman–Crippen LogP) is 3.25. The van der Waals surface area contributed by atoms with Gasteiger partial charge in [-0.1, -0.05) is 6.07 Å². The summed E-state index contributed by atoms with van der Waals surface area (Å²) in [5, 5.41) is 6.03. The zero-order chi connectivity index (χ0) is 18.4. The van der Waals surface area contributed by atoms with E-state index < -0.39 is 0 Å². The molecule has 2 aromatic rings. The smallest absolute Gasteiger partial charge is 0.257 e. The summed E-state index contributed by atoms with van der Waals surface area (Å²) in [7, 11) is 1.96. The number of carbonyl (C=O) groups is 2. The van der Waals surface area contributed by atoms with E-state index >= 15 is 0 Å². The number of pyridine rings is 1. The molecule has 0 spiro atoms. The van der Waals surface area contributed by atoms with Gasteiger partial charge in [0.25, 0.3) is 11.8 Å². The van der Waals surface area contributed by atoms with Gasteiger partial charge in [-0.25, -0.2) is 0 Å². The van der Waals surface area contributed by atoms with Crippen LogP contribution in [0.1, 0.15) is 33.6 Å². The van der Waals surface area contributed by atoms with E-state index in [1.54, 1.807) is 42.6 Å². The van der Waals surface area contributed by atoms with E-state index in [4.69, 9.17) is 0 Å². The highest BCUT2D eigenvalue weighted by Crippen LogP contribution is 2.20. The molecule has 1 saturated heterocycles. The highest BCUT2D eigenvalue weighted by atomic mass is 35.5. The third-order valence-corrected chi connectivity index (χ3v) is 4.69. The fourth-order valence-electron chi connectivity index (χ4n) is 3.24. The standard InChI is InChI=1S/C20H24N4O2.2ClH/c1-21-13-15-7-10-24(11-8-15)20(26)16-4-2-6-18(12-16)23-19(25)17-5-3-9-22-14-17;;/h2-6,9,12,14-15,21H,7-8,10-11,13H2,1H3,(H,23,25);2*1H. The van der Waals surface area contributed by atoms with Gasteiger partial charge >= 0.3 is 0 Å². The van der Waals surface area contributed by atoms with Crippen LogP contribution in [-0.4, -0.2) is 48.4 Å². The Morgan fingerprint density at radius 2 is 1.82 bits per heavy atom. The van der Waals surface area contributed by atoms with Crippen molar-refractivity contribution in [3.05, 3.63) is 59.9 Å². The average molecular weight is 425 g/mol. The van der Waals surface area contributed by atoms with Crippen molar-refractivity contribution in [3.8, 4) is 0 Å². The van der Waals surface area contributed by atoms with Crippen LogP contribution >= 0.6 is 24.8 Å². The average Bonchev–Trinajstić information content (AvgIpc) is 2.69. The maximum Gasteiger partial charge on any atom is 0.257 e. The van der Waals surface area contributed by atoms with E-state index in [1.807, 2.05) is 11.9 Å². The van der Waals surface area contributed by atoms with Gasteiger partial charge in [0, 0.05) is 36.7 Å². The number of piperidine rings is 1. The molecule has 1 fully saturated rings. The Kier molecular flexibility index (Phi) is 9.93. The van der Waals surface area contributed by atoms with Gasteiger partial charge in [0.05, 0.1) is 5.56 Å². The van der Waals surface area contributed by atoms with Crippen molar-refractivity contribution >= 4 is 42.3 Å². The fourth-order valence-corrected chi connectivity index (χ4v) is 3.24. The van der Waals surface area contributed by atoms with Gasteiger partial charge in [-0.15, -0.1) is 24.8 Å². The minimum absolute atomic E-state index is 0. The number of nitrogens with zero attached hydrogens (tertiary/aromatic N) is 2. The number of anilines is 1. The van der Waals surface area contributed by atoms with Crippen LogP contribution in [0.25, 0.3) is 0 Å². The van der Waals surface area contributed by atoms with E-state index in [1.165, 1.54) is 6.20 Å². The second-order valence-electron chi connectivity index (χ2n) is 6.57.